The van der Waals surface area contributed by atoms with E-state index in [-0.39, 0.29) is 59.2 Å². The molecule has 2 aliphatic rings. The molecule has 47 heavy (non-hydrogen) atoms. The summed E-state index contributed by atoms with van der Waals surface area (Å²) in [6, 6.07) is 21.0. The molecule has 0 bridgehead atoms. The Bertz CT molecular complexity index is 1370. The largest absolute Gasteiger partial charge is 0.461 e. The molecular formula is C39H52O7Si. The van der Waals surface area contributed by atoms with E-state index < -0.39 is 26.4 Å². The molecule has 0 unspecified atom stereocenters. The first kappa shape index (κ1) is 36.5. The number of rotatable bonds is 12. The Morgan fingerprint density at radius 1 is 0.872 bits per heavy atom. The van der Waals surface area contributed by atoms with E-state index in [4.69, 9.17) is 13.9 Å². The van der Waals surface area contributed by atoms with Gasteiger partial charge in [-0.15, -0.1) is 0 Å². The van der Waals surface area contributed by atoms with Crippen LogP contribution >= 0.6 is 0 Å². The van der Waals surface area contributed by atoms with Gasteiger partial charge in [0.2, 0.25) is 0 Å². The minimum atomic E-state index is -2.95. The molecule has 0 aromatic heterocycles. The molecule has 1 fully saturated rings. The fraction of sp³-hybridized carbons (Fsp3) is 0.538. The zero-order chi connectivity index (χ0) is 34.5. The van der Waals surface area contributed by atoms with E-state index >= 15 is 0 Å². The second-order valence-electron chi connectivity index (χ2n) is 14.9. The van der Waals surface area contributed by atoms with Crippen LogP contribution in [-0.2, 0) is 33.1 Å². The van der Waals surface area contributed by atoms with Crippen molar-refractivity contribution in [3.05, 3.63) is 72.3 Å². The normalized spacial score (nSPS) is 25.9. The summed E-state index contributed by atoms with van der Waals surface area (Å²) in [6.07, 6.45) is 4.34. The molecule has 0 saturated heterocycles. The smallest absolute Gasteiger partial charge is 0.303 e. The van der Waals surface area contributed by atoms with Crippen molar-refractivity contribution in [2.24, 2.45) is 41.4 Å². The molecule has 2 aromatic carbocycles. The van der Waals surface area contributed by atoms with Gasteiger partial charge in [-0.25, -0.2) is 0 Å². The minimum absolute atomic E-state index is 0.0366. The molecular weight excluding hydrogens is 609 g/mol. The van der Waals surface area contributed by atoms with Crippen molar-refractivity contribution in [2.75, 3.05) is 6.61 Å². The fourth-order valence-electron chi connectivity index (χ4n) is 8.35. The molecule has 8 heteroatoms. The molecule has 0 amide bonds. The van der Waals surface area contributed by atoms with Crippen LogP contribution in [-0.4, -0.2) is 51.6 Å². The van der Waals surface area contributed by atoms with E-state index in [1.165, 1.54) is 24.2 Å². The summed E-state index contributed by atoms with van der Waals surface area (Å²) in [5.74, 6) is -2.36. The van der Waals surface area contributed by atoms with Gasteiger partial charge in [-0.1, -0.05) is 108 Å². The summed E-state index contributed by atoms with van der Waals surface area (Å²) in [5.41, 5.74) is 0.670. The van der Waals surface area contributed by atoms with E-state index in [2.05, 4.69) is 69.3 Å². The molecule has 0 spiro atoms. The minimum Gasteiger partial charge on any atom is -0.461 e. The summed E-state index contributed by atoms with van der Waals surface area (Å²) >= 11 is 0. The number of allylic oxidation sites excluding steroid dienone is 1. The molecule has 4 rings (SSSR count). The Morgan fingerprint density at radius 3 is 1.89 bits per heavy atom. The van der Waals surface area contributed by atoms with E-state index in [0.717, 1.165) is 12.6 Å². The number of aldehydes is 2. The zero-order valence-electron chi connectivity index (χ0n) is 29.2. The first-order valence-corrected chi connectivity index (χ1v) is 18.9. The average molecular weight is 661 g/mol. The van der Waals surface area contributed by atoms with Crippen LogP contribution in [0.4, 0.5) is 0 Å². The van der Waals surface area contributed by atoms with Gasteiger partial charge in [-0.3, -0.25) is 9.59 Å². The highest BCUT2D eigenvalue weighted by Crippen LogP contribution is 2.53. The lowest BCUT2D eigenvalue weighted by Crippen LogP contribution is -2.68. The second-order valence-corrected chi connectivity index (χ2v) is 19.1. The van der Waals surface area contributed by atoms with Crippen molar-refractivity contribution >= 4 is 43.2 Å². The maximum atomic E-state index is 12.8. The van der Waals surface area contributed by atoms with Gasteiger partial charge in [0.05, 0.1) is 0 Å². The third-order valence-electron chi connectivity index (χ3n) is 10.4. The molecule has 7 nitrogen and oxygen atoms in total. The third-order valence-corrected chi connectivity index (χ3v) is 15.5. The van der Waals surface area contributed by atoms with Gasteiger partial charge in [-0.2, -0.15) is 0 Å². The summed E-state index contributed by atoms with van der Waals surface area (Å²) in [7, 11) is -2.95. The highest BCUT2D eigenvalue weighted by Gasteiger charge is 2.56. The Balaban J connectivity index is 1.91. The summed E-state index contributed by atoms with van der Waals surface area (Å²) in [5, 5.41) is 2.11. The van der Waals surface area contributed by atoms with Crippen molar-refractivity contribution in [3.63, 3.8) is 0 Å². The Hall–Kier alpha value is -3.36. The molecule has 2 aliphatic carbocycles. The fourth-order valence-corrected chi connectivity index (χ4v) is 13.1. The van der Waals surface area contributed by atoms with Crippen LogP contribution in [0.3, 0.4) is 0 Å². The van der Waals surface area contributed by atoms with Crippen LogP contribution in [0.5, 0.6) is 0 Å². The lowest BCUT2D eigenvalue weighted by molar-refractivity contribution is -0.157. The predicted molar refractivity (Wildman–Crippen MR) is 186 cm³/mol. The molecule has 254 valence electrons. The monoisotopic (exact) mass is 660 g/mol. The van der Waals surface area contributed by atoms with Gasteiger partial charge >= 0.3 is 11.9 Å². The number of ether oxygens (including phenoxy) is 2. The Labute approximate surface area is 281 Å². The molecule has 2 aromatic rings. The maximum absolute atomic E-state index is 12.8. The van der Waals surface area contributed by atoms with Crippen LogP contribution in [0.15, 0.2) is 72.3 Å². The van der Waals surface area contributed by atoms with Gasteiger partial charge < -0.3 is 23.5 Å². The molecule has 0 N–H and O–H groups in total. The summed E-state index contributed by atoms with van der Waals surface area (Å²) in [6.45, 7) is 15.4. The van der Waals surface area contributed by atoms with Crippen molar-refractivity contribution in [1.82, 2.24) is 0 Å². The SMILES string of the molecule is CC(=O)OCC1=C[C@@H]([C@H](C=O)C(C)C)[C@H]2C[C@H](O[Si](c3ccccc3)(c3ccccc3)C(C)(C)C)C[C@@H]([C@H](C)C=O)[C@H]2[C@@H]1OC(C)=O. The molecule has 8 atom stereocenters. The lowest BCUT2D eigenvalue weighted by atomic mass is 9.55. The lowest BCUT2D eigenvalue weighted by Gasteiger charge is -2.54. The highest BCUT2D eigenvalue weighted by atomic mass is 28.4. The summed E-state index contributed by atoms with van der Waals surface area (Å²) in [4.78, 5) is 49.8. The van der Waals surface area contributed by atoms with Crippen molar-refractivity contribution in [3.8, 4) is 0 Å². The second kappa shape index (κ2) is 15.2. The van der Waals surface area contributed by atoms with Gasteiger partial charge in [0.1, 0.15) is 25.3 Å². The van der Waals surface area contributed by atoms with Gasteiger partial charge in [-0.05, 0) is 51.9 Å². The number of carbonyl (C=O) groups is 4. The average Bonchev–Trinajstić information content (AvgIpc) is 3.03. The van der Waals surface area contributed by atoms with E-state index in [0.29, 0.717) is 18.4 Å². The molecule has 1 saturated carbocycles. The van der Waals surface area contributed by atoms with E-state index in [1.807, 2.05) is 39.0 Å². The Morgan fingerprint density at radius 2 is 1.45 bits per heavy atom. The third kappa shape index (κ3) is 7.70. The predicted octanol–water partition coefficient (Wildman–Crippen LogP) is 5.93. The number of carbonyl (C=O) groups excluding carboxylic acids is 4. The van der Waals surface area contributed by atoms with Crippen LogP contribution in [0.25, 0.3) is 0 Å². The first-order valence-electron chi connectivity index (χ1n) is 17.0. The molecule has 0 heterocycles. The molecule has 0 aliphatic heterocycles. The zero-order valence-corrected chi connectivity index (χ0v) is 30.2. The van der Waals surface area contributed by atoms with E-state index in [1.54, 1.807) is 0 Å². The van der Waals surface area contributed by atoms with Crippen LogP contribution in [0.1, 0.15) is 68.2 Å². The van der Waals surface area contributed by atoms with Crippen LogP contribution < -0.4 is 10.4 Å². The van der Waals surface area contributed by atoms with Crippen molar-refractivity contribution in [1.29, 1.82) is 0 Å². The number of hydrogen-bond acceptors (Lipinski definition) is 7. The Kier molecular flexibility index (Phi) is 11.8. The standard InChI is InChI=1S/C39H52O7Si/c1-25(2)36(23-41)34-19-29(24-44-27(4)42)38(45-28(5)43)37-33(26(3)22-40)20-30(21-35(34)37)46-47(39(6,7)8,31-15-11-9-12-16-31)32-17-13-10-14-18-32/h9-19,22-23,25-26,30,33-38H,20-21,24H2,1-8H3/t26-,30-,33+,34-,35-,36-,37-,38-/m1/s1. The number of esters is 2. The van der Waals surface area contributed by atoms with Crippen LogP contribution in [0.2, 0.25) is 5.04 Å². The molecule has 0 radical (unpaired) electrons. The first-order chi connectivity index (χ1) is 22.2. The van der Waals surface area contributed by atoms with Gasteiger partial charge in [0.15, 0.2) is 0 Å². The number of fused-ring (bicyclic) bond motifs is 1. The topological polar surface area (TPSA) is 96.0 Å². The summed E-state index contributed by atoms with van der Waals surface area (Å²) < 4.78 is 19.2. The number of benzene rings is 2. The van der Waals surface area contributed by atoms with Gasteiger partial charge in [0, 0.05) is 43.3 Å². The highest BCUT2D eigenvalue weighted by molar-refractivity contribution is 6.99. The van der Waals surface area contributed by atoms with Crippen molar-refractivity contribution < 1.29 is 33.1 Å². The number of hydrogen-bond donors (Lipinski definition) is 0. The van der Waals surface area contributed by atoms with Gasteiger partial charge in [0.25, 0.3) is 8.32 Å². The van der Waals surface area contributed by atoms with Crippen molar-refractivity contribution in [2.45, 2.75) is 85.5 Å². The van der Waals surface area contributed by atoms with E-state index in [9.17, 15) is 19.2 Å². The van der Waals surface area contributed by atoms with Crippen LogP contribution in [0, 0.1) is 41.4 Å². The maximum Gasteiger partial charge on any atom is 0.303 e. The quantitative estimate of drug-likeness (QED) is 0.121.